The van der Waals surface area contributed by atoms with Crippen molar-refractivity contribution in [2.45, 2.75) is 17.4 Å². The van der Waals surface area contributed by atoms with Gasteiger partial charge in [-0.15, -0.1) is 11.8 Å². The number of hydrogen-bond donors (Lipinski definition) is 3. The van der Waals surface area contributed by atoms with Crippen molar-refractivity contribution in [2.24, 2.45) is 5.41 Å². The van der Waals surface area contributed by atoms with Crippen LogP contribution in [0.2, 0.25) is 0 Å². The highest BCUT2D eigenvalue weighted by Crippen LogP contribution is 2.58. The van der Waals surface area contributed by atoms with Crippen LogP contribution in [0.5, 0.6) is 11.5 Å². The van der Waals surface area contributed by atoms with Crippen molar-refractivity contribution in [3.05, 3.63) is 68.6 Å². The lowest BCUT2D eigenvalue weighted by molar-refractivity contribution is -0.125. The Bertz CT molecular complexity index is 1230. The molecule has 5 rings (SSSR count). The van der Waals surface area contributed by atoms with Crippen LogP contribution in [0.4, 0.5) is 5.69 Å². The Morgan fingerprint density at radius 1 is 1.03 bits per heavy atom. The molecule has 1 spiro atoms. The zero-order chi connectivity index (χ0) is 21.0. The SMILES string of the molecule is O=C1C[C@]2(CSc3[nH]c(=O)sc3[C@H]2c2ccccc2O)C(=O)N1c1ccc(O)cc1. The van der Waals surface area contributed by atoms with E-state index < -0.39 is 11.3 Å². The molecule has 2 aliphatic heterocycles. The quantitative estimate of drug-likeness (QED) is 0.529. The molecule has 2 aromatic carbocycles. The fraction of sp³-hybridized carbons (Fsp3) is 0.190. The largest absolute Gasteiger partial charge is 0.508 e. The van der Waals surface area contributed by atoms with Gasteiger partial charge >= 0.3 is 4.87 Å². The van der Waals surface area contributed by atoms with E-state index in [0.29, 0.717) is 26.9 Å². The number of carbonyl (C=O) groups excluding carboxylic acids is 2. The normalized spacial score (nSPS) is 23.2. The van der Waals surface area contributed by atoms with E-state index in [2.05, 4.69) is 4.98 Å². The highest BCUT2D eigenvalue weighted by Gasteiger charge is 2.60. The highest BCUT2D eigenvalue weighted by molar-refractivity contribution is 7.99. The van der Waals surface area contributed by atoms with E-state index in [4.69, 9.17) is 0 Å². The molecular weight excluding hydrogens is 424 g/mol. The number of hydrogen-bond acceptors (Lipinski definition) is 7. The van der Waals surface area contributed by atoms with Gasteiger partial charge in [0, 0.05) is 28.5 Å². The van der Waals surface area contributed by atoms with Gasteiger partial charge in [0.1, 0.15) is 11.5 Å². The van der Waals surface area contributed by atoms with Crippen LogP contribution in [-0.2, 0) is 9.59 Å². The van der Waals surface area contributed by atoms with Gasteiger partial charge < -0.3 is 15.2 Å². The van der Waals surface area contributed by atoms with Crippen molar-refractivity contribution >= 4 is 40.6 Å². The van der Waals surface area contributed by atoms with Crippen molar-refractivity contribution in [3.8, 4) is 11.5 Å². The number of H-pyrrole nitrogens is 1. The molecule has 2 atom stereocenters. The number of carbonyl (C=O) groups is 2. The van der Waals surface area contributed by atoms with E-state index in [0.717, 1.165) is 16.2 Å². The van der Waals surface area contributed by atoms with E-state index in [9.17, 15) is 24.6 Å². The number of anilines is 1. The van der Waals surface area contributed by atoms with Crippen LogP contribution in [0.25, 0.3) is 0 Å². The summed E-state index contributed by atoms with van der Waals surface area (Å²) in [5.74, 6) is -0.996. The monoisotopic (exact) mass is 440 g/mol. The van der Waals surface area contributed by atoms with Gasteiger partial charge in [-0.1, -0.05) is 29.5 Å². The maximum absolute atomic E-state index is 13.8. The molecule has 0 aliphatic carbocycles. The highest BCUT2D eigenvalue weighted by atomic mass is 32.2. The van der Waals surface area contributed by atoms with Gasteiger partial charge in [0.15, 0.2) is 0 Å². The standard InChI is InChI=1S/C21H16N2O5S2/c24-12-7-5-11(6-8-12)23-15(26)9-21(19(23)27)10-29-18-17(30-20(28)22-18)16(21)13-3-1-2-4-14(13)25/h1-8,16,24-25H,9-10H2,(H,22,28)/t16-,21-/m1/s1. The molecule has 152 valence electrons. The minimum absolute atomic E-state index is 0.0175. The number of aromatic nitrogens is 1. The molecule has 2 amide bonds. The first-order chi connectivity index (χ1) is 14.4. The number of fused-ring (bicyclic) bond motifs is 1. The molecule has 1 aromatic heterocycles. The maximum Gasteiger partial charge on any atom is 0.305 e. The van der Waals surface area contributed by atoms with E-state index in [1.165, 1.54) is 36.0 Å². The number of nitrogens with zero attached hydrogens (tertiary/aromatic N) is 1. The number of thioether (sulfide) groups is 1. The summed E-state index contributed by atoms with van der Waals surface area (Å²) in [5.41, 5.74) is -0.229. The number of thiazole rings is 1. The average Bonchev–Trinajstić information content (AvgIpc) is 3.21. The van der Waals surface area contributed by atoms with E-state index in [1.807, 2.05) is 0 Å². The fourth-order valence-electron chi connectivity index (χ4n) is 4.29. The second-order valence-corrected chi connectivity index (χ2v) is 9.37. The van der Waals surface area contributed by atoms with Crippen LogP contribution in [0.15, 0.2) is 58.4 Å². The summed E-state index contributed by atoms with van der Waals surface area (Å²) >= 11 is 2.36. The second-order valence-electron chi connectivity index (χ2n) is 7.37. The summed E-state index contributed by atoms with van der Waals surface area (Å²) in [5, 5.41) is 20.8. The second kappa shape index (κ2) is 6.75. The molecule has 0 radical (unpaired) electrons. The zero-order valence-corrected chi connectivity index (χ0v) is 17.1. The van der Waals surface area contributed by atoms with Crippen LogP contribution >= 0.6 is 23.1 Å². The maximum atomic E-state index is 13.8. The third-order valence-electron chi connectivity index (χ3n) is 5.63. The van der Waals surface area contributed by atoms with Crippen molar-refractivity contribution in [2.75, 3.05) is 10.7 Å². The molecule has 3 heterocycles. The molecule has 1 saturated heterocycles. The Balaban J connectivity index is 1.69. The van der Waals surface area contributed by atoms with Gasteiger partial charge in [0.25, 0.3) is 0 Å². The topological polar surface area (TPSA) is 111 Å². The number of para-hydroxylation sites is 1. The number of rotatable bonds is 2. The van der Waals surface area contributed by atoms with Gasteiger partial charge in [-0.2, -0.15) is 0 Å². The molecule has 7 nitrogen and oxygen atoms in total. The van der Waals surface area contributed by atoms with Crippen LogP contribution in [0.1, 0.15) is 22.8 Å². The predicted molar refractivity (Wildman–Crippen MR) is 113 cm³/mol. The van der Waals surface area contributed by atoms with Crippen molar-refractivity contribution < 1.29 is 19.8 Å². The lowest BCUT2D eigenvalue weighted by Crippen LogP contribution is -2.43. The predicted octanol–water partition coefficient (Wildman–Crippen LogP) is 3.04. The summed E-state index contributed by atoms with van der Waals surface area (Å²) < 4.78 is 0. The van der Waals surface area contributed by atoms with Gasteiger partial charge in [0.2, 0.25) is 11.8 Å². The van der Waals surface area contributed by atoms with Crippen LogP contribution in [0.3, 0.4) is 0 Å². The lowest BCUT2D eigenvalue weighted by Gasteiger charge is -2.38. The number of aromatic hydroxyl groups is 2. The molecule has 0 saturated carbocycles. The third kappa shape index (κ3) is 2.69. The summed E-state index contributed by atoms with van der Waals surface area (Å²) in [6, 6.07) is 12.6. The molecular formula is C21H16N2O5S2. The first-order valence-corrected chi connectivity index (χ1v) is 11.0. The number of nitrogens with one attached hydrogen (secondary N) is 1. The summed E-state index contributed by atoms with van der Waals surface area (Å²) in [4.78, 5) is 43.2. The number of phenols is 2. The molecule has 0 unspecified atom stereocenters. The lowest BCUT2D eigenvalue weighted by atomic mass is 9.70. The Morgan fingerprint density at radius 3 is 2.50 bits per heavy atom. The van der Waals surface area contributed by atoms with Crippen LogP contribution in [-0.4, -0.2) is 32.8 Å². The van der Waals surface area contributed by atoms with E-state index >= 15 is 0 Å². The molecule has 2 aliphatic rings. The molecule has 0 bridgehead atoms. The number of aromatic amines is 1. The van der Waals surface area contributed by atoms with Gasteiger partial charge in [-0.3, -0.25) is 14.4 Å². The van der Waals surface area contributed by atoms with Gasteiger partial charge in [0.05, 0.1) is 16.1 Å². The molecule has 9 heteroatoms. The van der Waals surface area contributed by atoms with Gasteiger partial charge in [-0.25, -0.2) is 4.90 Å². The third-order valence-corrected chi connectivity index (χ3v) is 7.98. The molecule has 1 fully saturated rings. The summed E-state index contributed by atoms with van der Waals surface area (Å²) in [6.45, 7) is 0. The Hall–Kier alpha value is -3.04. The summed E-state index contributed by atoms with van der Waals surface area (Å²) in [7, 11) is 0. The minimum Gasteiger partial charge on any atom is -0.508 e. The first kappa shape index (κ1) is 19.0. The molecule has 30 heavy (non-hydrogen) atoms. The van der Waals surface area contributed by atoms with Crippen molar-refractivity contribution in [1.82, 2.24) is 4.98 Å². The Labute approximate surface area is 179 Å². The van der Waals surface area contributed by atoms with Crippen molar-refractivity contribution in [3.63, 3.8) is 0 Å². The zero-order valence-electron chi connectivity index (χ0n) is 15.5. The smallest absolute Gasteiger partial charge is 0.305 e. The summed E-state index contributed by atoms with van der Waals surface area (Å²) in [6.07, 6.45) is -0.0375. The number of imide groups is 1. The van der Waals surface area contributed by atoms with Crippen LogP contribution < -0.4 is 9.77 Å². The van der Waals surface area contributed by atoms with Crippen LogP contribution in [0, 0.1) is 5.41 Å². The first-order valence-electron chi connectivity index (χ1n) is 9.21. The number of phenolic OH excluding ortho intramolecular Hbond substituents is 2. The minimum atomic E-state index is -1.13. The van der Waals surface area contributed by atoms with E-state index in [1.54, 1.807) is 24.3 Å². The average molecular weight is 441 g/mol. The van der Waals surface area contributed by atoms with Crippen molar-refractivity contribution in [1.29, 1.82) is 0 Å². The Morgan fingerprint density at radius 2 is 1.77 bits per heavy atom. The Kier molecular flexibility index (Phi) is 4.26. The number of benzene rings is 2. The fourth-order valence-corrected chi connectivity index (χ4v) is 6.84. The number of amides is 2. The van der Waals surface area contributed by atoms with E-state index in [-0.39, 0.29) is 34.6 Å². The molecule has 3 aromatic rings. The van der Waals surface area contributed by atoms with Gasteiger partial charge in [-0.05, 0) is 30.3 Å². The molecule has 3 N–H and O–H groups in total.